The second-order valence-corrected chi connectivity index (χ2v) is 3.13. The van der Waals surface area contributed by atoms with Gasteiger partial charge < -0.3 is 14.8 Å². The highest BCUT2D eigenvalue weighted by Crippen LogP contribution is 2.28. The van der Waals surface area contributed by atoms with E-state index in [4.69, 9.17) is 9.47 Å². The van der Waals surface area contributed by atoms with Crippen molar-refractivity contribution in [2.45, 2.75) is 6.92 Å². The predicted octanol–water partition coefficient (Wildman–Crippen LogP) is 0.760. The summed E-state index contributed by atoms with van der Waals surface area (Å²) in [6.07, 6.45) is 0. The molecule has 8 heteroatoms. The maximum absolute atomic E-state index is 10.9. The van der Waals surface area contributed by atoms with Crippen molar-refractivity contribution in [3.05, 3.63) is 15.8 Å². The van der Waals surface area contributed by atoms with Crippen LogP contribution in [0.5, 0.6) is 5.88 Å². The number of hydrogen-bond acceptors (Lipinski definition) is 7. The van der Waals surface area contributed by atoms with Crippen molar-refractivity contribution in [2.24, 2.45) is 0 Å². The summed E-state index contributed by atoms with van der Waals surface area (Å²) in [5.41, 5.74) is 0.0295. The molecule has 0 amide bonds. The number of nitrogens with one attached hydrogen (secondary N) is 1. The van der Waals surface area contributed by atoms with Gasteiger partial charge in [-0.3, -0.25) is 10.1 Å². The van der Waals surface area contributed by atoms with Crippen molar-refractivity contribution in [3.63, 3.8) is 0 Å². The zero-order valence-electron chi connectivity index (χ0n) is 9.89. The van der Waals surface area contributed by atoms with E-state index < -0.39 is 4.92 Å². The number of aromatic nitrogens is 2. The number of rotatable bonds is 6. The van der Waals surface area contributed by atoms with Crippen molar-refractivity contribution >= 4 is 11.6 Å². The smallest absolute Gasteiger partial charge is 0.352 e. The normalized spacial score (nSPS) is 10.1. The number of hydrogen-bond donors (Lipinski definition) is 1. The van der Waals surface area contributed by atoms with Crippen molar-refractivity contribution in [3.8, 4) is 5.88 Å². The molecule has 8 nitrogen and oxygen atoms in total. The Morgan fingerprint density at radius 1 is 1.41 bits per heavy atom. The zero-order chi connectivity index (χ0) is 12.8. The standard InChI is InChI=1S/C9H14N4O4/c1-6-7(13(14)15)8(17-5-4-16-3)12-9(10-2)11-6/h4-5H2,1-3H3,(H,10,11,12). The van der Waals surface area contributed by atoms with Gasteiger partial charge >= 0.3 is 5.69 Å². The number of nitro groups is 1. The summed E-state index contributed by atoms with van der Waals surface area (Å²) in [6, 6.07) is 0. The van der Waals surface area contributed by atoms with E-state index in [-0.39, 0.29) is 29.8 Å². The molecule has 1 rings (SSSR count). The molecule has 0 aliphatic rings. The van der Waals surface area contributed by atoms with Gasteiger partial charge in [0.05, 0.1) is 11.5 Å². The van der Waals surface area contributed by atoms with Crippen molar-refractivity contribution in [1.82, 2.24) is 9.97 Å². The molecule has 0 spiro atoms. The first-order valence-electron chi connectivity index (χ1n) is 4.92. The summed E-state index contributed by atoms with van der Waals surface area (Å²) < 4.78 is 10.0. The second kappa shape index (κ2) is 5.94. The third-order valence-corrected chi connectivity index (χ3v) is 1.96. The minimum atomic E-state index is -0.559. The van der Waals surface area contributed by atoms with Crippen LogP contribution in [-0.4, -0.2) is 42.3 Å². The number of nitrogens with zero attached hydrogens (tertiary/aromatic N) is 3. The van der Waals surface area contributed by atoms with Gasteiger partial charge in [0, 0.05) is 14.2 Å². The predicted molar refractivity (Wildman–Crippen MR) is 60.3 cm³/mol. The molecule has 1 aromatic rings. The molecule has 0 aliphatic carbocycles. The molecule has 0 aromatic carbocycles. The Morgan fingerprint density at radius 2 is 2.12 bits per heavy atom. The lowest BCUT2D eigenvalue weighted by Crippen LogP contribution is -2.10. The van der Waals surface area contributed by atoms with Crippen LogP contribution in [0.15, 0.2) is 0 Å². The number of anilines is 1. The third-order valence-electron chi connectivity index (χ3n) is 1.96. The van der Waals surface area contributed by atoms with Crippen molar-refractivity contribution in [2.75, 3.05) is 32.7 Å². The first-order chi connectivity index (χ1) is 8.10. The van der Waals surface area contributed by atoms with Gasteiger partial charge in [-0.2, -0.15) is 4.98 Å². The number of methoxy groups -OCH3 is 1. The van der Waals surface area contributed by atoms with Gasteiger partial charge in [0.1, 0.15) is 12.3 Å². The SMILES string of the molecule is CNc1nc(C)c([N+](=O)[O-])c(OCCOC)n1. The lowest BCUT2D eigenvalue weighted by Gasteiger charge is -2.08. The molecule has 0 aliphatic heterocycles. The molecule has 0 atom stereocenters. The average Bonchev–Trinajstić information content (AvgIpc) is 2.28. The highest BCUT2D eigenvalue weighted by atomic mass is 16.6. The van der Waals surface area contributed by atoms with Crippen LogP contribution in [0.25, 0.3) is 0 Å². The maximum Gasteiger partial charge on any atom is 0.352 e. The third kappa shape index (κ3) is 3.25. The topological polar surface area (TPSA) is 99.4 Å². The van der Waals surface area contributed by atoms with Crippen LogP contribution in [0.4, 0.5) is 11.6 Å². The largest absolute Gasteiger partial charge is 0.470 e. The van der Waals surface area contributed by atoms with Crippen LogP contribution in [0.2, 0.25) is 0 Å². The molecule has 0 radical (unpaired) electrons. The molecular weight excluding hydrogens is 228 g/mol. The Balaban J connectivity index is 3.04. The summed E-state index contributed by atoms with van der Waals surface area (Å²) in [4.78, 5) is 18.1. The number of aryl methyl sites for hydroxylation is 1. The first kappa shape index (κ1) is 13.1. The van der Waals surface area contributed by atoms with Crippen LogP contribution in [0.1, 0.15) is 5.69 Å². The summed E-state index contributed by atoms with van der Waals surface area (Å²) in [5, 5.41) is 13.6. The Hall–Kier alpha value is -1.96. The molecule has 0 fully saturated rings. The van der Waals surface area contributed by atoms with Crippen LogP contribution >= 0.6 is 0 Å². The first-order valence-corrected chi connectivity index (χ1v) is 4.92. The van der Waals surface area contributed by atoms with Crippen molar-refractivity contribution < 1.29 is 14.4 Å². The van der Waals surface area contributed by atoms with E-state index in [0.717, 1.165) is 0 Å². The van der Waals surface area contributed by atoms with Gasteiger partial charge in [0.2, 0.25) is 5.95 Å². The molecule has 1 heterocycles. The van der Waals surface area contributed by atoms with Crippen LogP contribution in [-0.2, 0) is 4.74 Å². The van der Waals surface area contributed by atoms with E-state index in [1.54, 1.807) is 7.05 Å². The fraction of sp³-hybridized carbons (Fsp3) is 0.556. The second-order valence-electron chi connectivity index (χ2n) is 3.13. The Labute approximate surface area is 98.1 Å². The molecule has 1 N–H and O–H groups in total. The zero-order valence-corrected chi connectivity index (χ0v) is 9.89. The Morgan fingerprint density at radius 3 is 2.65 bits per heavy atom. The van der Waals surface area contributed by atoms with E-state index in [1.165, 1.54) is 14.0 Å². The van der Waals surface area contributed by atoms with Crippen molar-refractivity contribution in [1.29, 1.82) is 0 Å². The fourth-order valence-electron chi connectivity index (χ4n) is 1.19. The van der Waals surface area contributed by atoms with Crippen LogP contribution in [0.3, 0.4) is 0 Å². The van der Waals surface area contributed by atoms with E-state index >= 15 is 0 Å². The van der Waals surface area contributed by atoms with Gasteiger partial charge in [-0.1, -0.05) is 0 Å². The van der Waals surface area contributed by atoms with Gasteiger partial charge in [0.15, 0.2) is 0 Å². The molecule has 17 heavy (non-hydrogen) atoms. The van der Waals surface area contributed by atoms with E-state index in [9.17, 15) is 10.1 Å². The molecule has 1 aromatic heterocycles. The highest BCUT2D eigenvalue weighted by Gasteiger charge is 2.23. The van der Waals surface area contributed by atoms with Gasteiger partial charge in [-0.05, 0) is 6.92 Å². The summed E-state index contributed by atoms with van der Waals surface area (Å²) in [7, 11) is 3.14. The summed E-state index contributed by atoms with van der Waals surface area (Å²) in [5.74, 6) is 0.226. The van der Waals surface area contributed by atoms with Gasteiger partial charge in [-0.15, -0.1) is 0 Å². The minimum Gasteiger partial charge on any atom is -0.470 e. The quantitative estimate of drug-likeness (QED) is 0.446. The summed E-state index contributed by atoms with van der Waals surface area (Å²) >= 11 is 0. The molecule has 0 bridgehead atoms. The molecule has 0 unspecified atom stereocenters. The highest BCUT2D eigenvalue weighted by molar-refractivity contribution is 5.48. The maximum atomic E-state index is 10.9. The molecule has 0 saturated carbocycles. The van der Waals surface area contributed by atoms with Gasteiger partial charge in [-0.25, -0.2) is 4.98 Å². The molecular formula is C9H14N4O4. The van der Waals surface area contributed by atoms with Gasteiger partial charge in [0.25, 0.3) is 5.88 Å². The molecule has 0 saturated heterocycles. The minimum absolute atomic E-state index is 0.0519. The summed E-state index contributed by atoms with van der Waals surface area (Å²) in [6.45, 7) is 2.05. The monoisotopic (exact) mass is 242 g/mol. The Bertz CT molecular complexity index is 410. The van der Waals surface area contributed by atoms with Crippen LogP contribution < -0.4 is 10.1 Å². The lowest BCUT2D eigenvalue weighted by atomic mass is 10.3. The lowest BCUT2D eigenvalue weighted by molar-refractivity contribution is -0.387. The van der Waals surface area contributed by atoms with E-state index in [1.807, 2.05) is 0 Å². The number of ether oxygens (including phenoxy) is 2. The molecule has 94 valence electrons. The Kier molecular flexibility index (Phi) is 4.58. The average molecular weight is 242 g/mol. The van der Waals surface area contributed by atoms with E-state index in [0.29, 0.717) is 6.61 Å². The van der Waals surface area contributed by atoms with E-state index in [2.05, 4.69) is 15.3 Å². The fourth-order valence-corrected chi connectivity index (χ4v) is 1.19. The van der Waals surface area contributed by atoms with Crippen LogP contribution in [0, 0.1) is 17.0 Å².